The highest BCUT2D eigenvalue weighted by Crippen LogP contribution is 2.23. The van der Waals surface area contributed by atoms with Crippen molar-refractivity contribution in [2.75, 3.05) is 25.2 Å². The van der Waals surface area contributed by atoms with E-state index in [0.717, 1.165) is 23.7 Å². The van der Waals surface area contributed by atoms with Gasteiger partial charge in [-0.2, -0.15) is 0 Å². The quantitative estimate of drug-likeness (QED) is 0.457. The van der Waals surface area contributed by atoms with Crippen molar-refractivity contribution in [1.29, 1.82) is 0 Å². The molecule has 1 amide bonds. The second-order valence-electron chi connectivity index (χ2n) is 6.17. The van der Waals surface area contributed by atoms with Gasteiger partial charge in [-0.15, -0.1) is 23.5 Å². The summed E-state index contributed by atoms with van der Waals surface area (Å²) < 4.78 is 5.07. The summed E-state index contributed by atoms with van der Waals surface area (Å²) in [5, 5.41) is 3.12. The number of amides is 1. The average molecular weight is 390 g/mol. The predicted molar refractivity (Wildman–Crippen MR) is 112 cm³/mol. The highest BCUT2D eigenvalue weighted by atomic mass is 32.2. The first-order chi connectivity index (χ1) is 12.6. The van der Waals surface area contributed by atoms with Gasteiger partial charge in [0.2, 0.25) is 5.91 Å². The molecule has 0 aliphatic heterocycles. The van der Waals surface area contributed by atoms with Crippen LogP contribution in [0.15, 0.2) is 64.4 Å². The van der Waals surface area contributed by atoms with E-state index in [2.05, 4.69) is 41.7 Å². The first-order valence-corrected chi connectivity index (χ1v) is 10.8. The van der Waals surface area contributed by atoms with Crippen LogP contribution in [0.4, 0.5) is 0 Å². The van der Waals surface area contributed by atoms with E-state index in [-0.39, 0.29) is 17.9 Å². The van der Waals surface area contributed by atoms with Crippen LogP contribution in [0.3, 0.4) is 0 Å². The number of ether oxygens (including phenoxy) is 1. The molecule has 3 nitrogen and oxygen atoms in total. The number of hydrogen-bond donors (Lipinski definition) is 1. The Morgan fingerprint density at radius 3 is 2.31 bits per heavy atom. The zero-order valence-electron chi connectivity index (χ0n) is 15.6. The largest absolute Gasteiger partial charge is 0.384 e. The summed E-state index contributed by atoms with van der Waals surface area (Å²) in [6.07, 6.45) is 0. The van der Waals surface area contributed by atoms with Crippen LogP contribution in [-0.4, -0.2) is 31.1 Å². The summed E-state index contributed by atoms with van der Waals surface area (Å²) in [7, 11) is 1.72. The monoisotopic (exact) mass is 389 g/mol. The minimum Gasteiger partial charge on any atom is -0.384 e. The number of hydrogen-bond acceptors (Lipinski definition) is 4. The smallest absolute Gasteiger partial charge is 0.224 e. The fourth-order valence-electron chi connectivity index (χ4n) is 2.35. The molecular formula is C21H27NO2S2. The Bertz CT molecular complexity index is 661. The molecule has 0 saturated carbocycles. The van der Waals surface area contributed by atoms with Gasteiger partial charge in [-0.3, -0.25) is 4.79 Å². The molecule has 0 radical (unpaired) electrons. The van der Waals surface area contributed by atoms with Gasteiger partial charge in [0.05, 0.1) is 12.6 Å². The lowest BCUT2D eigenvalue weighted by atomic mass is 10.1. The summed E-state index contributed by atoms with van der Waals surface area (Å²) >= 11 is 3.49. The number of nitrogens with one attached hydrogen (secondary N) is 1. The third-order valence-corrected chi connectivity index (χ3v) is 6.23. The summed E-state index contributed by atoms with van der Waals surface area (Å²) in [5.74, 6) is 1.78. The Kier molecular flexibility index (Phi) is 9.09. The Hall–Kier alpha value is -1.43. The fraction of sp³-hybridized carbons (Fsp3) is 0.381. The molecule has 0 aliphatic carbocycles. The van der Waals surface area contributed by atoms with Gasteiger partial charge >= 0.3 is 0 Å². The van der Waals surface area contributed by atoms with Crippen molar-refractivity contribution in [2.45, 2.75) is 29.7 Å². The second kappa shape index (κ2) is 11.3. The maximum absolute atomic E-state index is 12.4. The Morgan fingerprint density at radius 2 is 1.65 bits per heavy atom. The molecule has 0 bridgehead atoms. The molecule has 1 N–H and O–H groups in total. The molecule has 2 atom stereocenters. The molecule has 0 saturated heterocycles. The number of carbonyl (C=O) groups excluding carboxylic acids is 1. The maximum atomic E-state index is 12.4. The molecule has 0 spiro atoms. The van der Waals surface area contributed by atoms with E-state index in [1.165, 1.54) is 9.79 Å². The van der Waals surface area contributed by atoms with Gasteiger partial charge < -0.3 is 10.1 Å². The zero-order chi connectivity index (χ0) is 18.8. The fourth-order valence-corrected chi connectivity index (χ4v) is 4.11. The lowest BCUT2D eigenvalue weighted by Crippen LogP contribution is -2.32. The van der Waals surface area contributed by atoms with Crippen LogP contribution in [-0.2, 0) is 9.53 Å². The number of methoxy groups -OCH3 is 1. The summed E-state index contributed by atoms with van der Waals surface area (Å²) in [6, 6.07) is 18.6. The standard InChI is InChI=1S/C21H27NO2S2/c1-16(15-26-19-7-5-4-6-8-19)21(23)22-17(2)18-9-11-20(12-10-18)25-14-13-24-3/h4-12,16-17H,13-15H2,1-3H3,(H,22,23). The van der Waals surface area contributed by atoms with E-state index >= 15 is 0 Å². The SMILES string of the molecule is COCCSc1ccc(C(C)NC(=O)C(C)CSc2ccccc2)cc1. The van der Waals surface area contributed by atoms with Crippen LogP contribution in [0.2, 0.25) is 0 Å². The molecule has 0 aromatic heterocycles. The Labute approximate surface area is 165 Å². The van der Waals surface area contributed by atoms with E-state index in [1.54, 1.807) is 30.6 Å². The summed E-state index contributed by atoms with van der Waals surface area (Å²) in [6.45, 7) is 4.76. The molecule has 2 aromatic rings. The minimum absolute atomic E-state index is 0.00435. The van der Waals surface area contributed by atoms with Gasteiger partial charge in [-0.25, -0.2) is 0 Å². The predicted octanol–water partition coefficient (Wildman–Crippen LogP) is 5.03. The molecule has 140 valence electrons. The molecule has 0 fully saturated rings. The van der Waals surface area contributed by atoms with E-state index in [4.69, 9.17) is 4.74 Å². The normalized spacial score (nSPS) is 13.2. The number of carbonyl (C=O) groups is 1. The summed E-state index contributed by atoms with van der Waals surface area (Å²) in [4.78, 5) is 14.9. The lowest BCUT2D eigenvalue weighted by molar-refractivity contribution is -0.124. The zero-order valence-corrected chi connectivity index (χ0v) is 17.2. The van der Waals surface area contributed by atoms with E-state index in [1.807, 2.05) is 32.0 Å². The van der Waals surface area contributed by atoms with Gasteiger partial charge in [0, 0.05) is 34.3 Å². The van der Waals surface area contributed by atoms with Crippen LogP contribution < -0.4 is 5.32 Å². The Balaban J connectivity index is 1.80. The molecule has 0 heterocycles. The lowest BCUT2D eigenvalue weighted by Gasteiger charge is -2.18. The van der Waals surface area contributed by atoms with Crippen molar-refractivity contribution < 1.29 is 9.53 Å². The maximum Gasteiger partial charge on any atom is 0.224 e. The van der Waals surface area contributed by atoms with Crippen molar-refractivity contribution in [3.8, 4) is 0 Å². The molecule has 5 heteroatoms. The molecule has 0 aliphatic rings. The highest BCUT2D eigenvalue weighted by Gasteiger charge is 2.16. The molecule has 2 unspecified atom stereocenters. The van der Waals surface area contributed by atoms with Crippen molar-refractivity contribution in [2.24, 2.45) is 5.92 Å². The molecular weight excluding hydrogens is 362 g/mol. The molecule has 26 heavy (non-hydrogen) atoms. The minimum atomic E-state index is -0.0356. The van der Waals surface area contributed by atoms with E-state index in [0.29, 0.717) is 0 Å². The van der Waals surface area contributed by atoms with Gasteiger partial charge in [0.25, 0.3) is 0 Å². The van der Waals surface area contributed by atoms with E-state index < -0.39 is 0 Å². The molecule has 2 aromatic carbocycles. The summed E-state index contributed by atoms with van der Waals surface area (Å²) in [5.41, 5.74) is 1.12. The average Bonchev–Trinajstić information content (AvgIpc) is 2.67. The third kappa shape index (κ3) is 7.06. The first-order valence-electron chi connectivity index (χ1n) is 8.80. The van der Waals surface area contributed by atoms with Crippen molar-refractivity contribution in [1.82, 2.24) is 5.32 Å². The first kappa shape index (κ1) is 20.9. The number of thioether (sulfide) groups is 2. The molecule has 2 rings (SSSR count). The number of benzene rings is 2. The van der Waals surface area contributed by atoms with Crippen molar-refractivity contribution in [3.63, 3.8) is 0 Å². The van der Waals surface area contributed by atoms with Gasteiger partial charge in [-0.05, 0) is 36.8 Å². The van der Waals surface area contributed by atoms with Crippen LogP contribution in [0.5, 0.6) is 0 Å². The number of rotatable bonds is 10. The van der Waals surface area contributed by atoms with Gasteiger partial charge in [-0.1, -0.05) is 37.3 Å². The van der Waals surface area contributed by atoms with E-state index in [9.17, 15) is 4.79 Å². The second-order valence-corrected chi connectivity index (χ2v) is 8.43. The highest BCUT2D eigenvalue weighted by molar-refractivity contribution is 7.99. The third-order valence-electron chi connectivity index (χ3n) is 3.99. The van der Waals surface area contributed by atoms with Gasteiger partial charge in [0.1, 0.15) is 0 Å². The van der Waals surface area contributed by atoms with Crippen LogP contribution >= 0.6 is 23.5 Å². The Morgan fingerprint density at radius 1 is 1.00 bits per heavy atom. The van der Waals surface area contributed by atoms with Crippen molar-refractivity contribution in [3.05, 3.63) is 60.2 Å². The van der Waals surface area contributed by atoms with Crippen LogP contribution in [0.1, 0.15) is 25.5 Å². The topological polar surface area (TPSA) is 38.3 Å². The van der Waals surface area contributed by atoms with Gasteiger partial charge in [0.15, 0.2) is 0 Å². The van der Waals surface area contributed by atoms with Crippen LogP contribution in [0.25, 0.3) is 0 Å². The van der Waals surface area contributed by atoms with Crippen molar-refractivity contribution >= 4 is 29.4 Å². The van der Waals surface area contributed by atoms with Crippen LogP contribution in [0, 0.1) is 5.92 Å².